The Balaban J connectivity index is 3.82. The zero-order chi connectivity index (χ0) is 9.56. The first-order valence-corrected chi connectivity index (χ1v) is 4.98. The number of nitrogens with zero attached hydrogens (tertiary/aromatic N) is 1. The van der Waals surface area contributed by atoms with E-state index >= 15 is 0 Å². The van der Waals surface area contributed by atoms with Gasteiger partial charge in [0.05, 0.1) is 0 Å². The van der Waals surface area contributed by atoms with E-state index in [0.29, 0.717) is 18.4 Å². The summed E-state index contributed by atoms with van der Waals surface area (Å²) in [5.41, 5.74) is 0. The average molecular weight is 173 g/mol. The Morgan fingerprint density at radius 2 is 1.67 bits per heavy atom. The first-order valence-electron chi connectivity index (χ1n) is 4.98. The van der Waals surface area contributed by atoms with Crippen LogP contribution in [0, 0.1) is 11.8 Å². The van der Waals surface area contributed by atoms with Crippen molar-refractivity contribution in [3.63, 3.8) is 0 Å². The van der Waals surface area contributed by atoms with E-state index in [1.165, 1.54) is 0 Å². The molecule has 2 heteroatoms. The molecule has 0 rings (SSSR count). The minimum absolute atomic E-state index is 0.314. The molecule has 1 unspecified atom stereocenters. The monoisotopic (exact) mass is 173 g/mol. The van der Waals surface area contributed by atoms with Crippen molar-refractivity contribution in [1.82, 2.24) is 4.90 Å². The number of hydrogen-bond donors (Lipinski definition) is 1. The Hall–Kier alpha value is -0.0800. The Morgan fingerprint density at radius 3 is 1.92 bits per heavy atom. The fourth-order valence-electron chi connectivity index (χ4n) is 1.29. The van der Waals surface area contributed by atoms with Gasteiger partial charge in [0.1, 0.15) is 0 Å². The average Bonchev–Trinajstić information content (AvgIpc) is 2.06. The van der Waals surface area contributed by atoms with E-state index < -0.39 is 0 Å². The number of aliphatic hydroxyl groups excluding tert-OH is 1. The molecule has 12 heavy (non-hydrogen) atoms. The lowest BCUT2D eigenvalue weighted by molar-refractivity contribution is 0.139. The molecule has 0 aromatic heterocycles. The topological polar surface area (TPSA) is 23.5 Å². The summed E-state index contributed by atoms with van der Waals surface area (Å²) in [4.78, 5) is 2.36. The van der Waals surface area contributed by atoms with Gasteiger partial charge in [0, 0.05) is 13.2 Å². The first-order chi connectivity index (χ1) is 5.65. The summed E-state index contributed by atoms with van der Waals surface area (Å²) in [7, 11) is 0. The molecular weight excluding hydrogens is 150 g/mol. The molecule has 0 aromatic rings. The van der Waals surface area contributed by atoms with Crippen LogP contribution in [0.15, 0.2) is 0 Å². The SMILES string of the molecule is CCN(CC)CC(CO)C(C)C. The summed E-state index contributed by atoms with van der Waals surface area (Å²) < 4.78 is 0. The number of rotatable bonds is 6. The molecule has 0 fully saturated rings. The Labute approximate surface area is 76.6 Å². The molecule has 0 saturated carbocycles. The third kappa shape index (κ3) is 4.07. The fraction of sp³-hybridized carbons (Fsp3) is 1.00. The van der Waals surface area contributed by atoms with Gasteiger partial charge in [-0.1, -0.05) is 27.7 Å². The summed E-state index contributed by atoms with van der Waals surface area (Å²) in [5.74, 6) is 1.01. The van der Waals surface area contributed by atoms with Crippen LogP contribution in [0.25, 0.3) is 0 Å². The van der Waals surface area contributed by atoms with Gasteiger partial charge in [-0.15, -0.1) is 0 Å². The van der Waals surface area contributed by atoms with Crippen molar-refractivity contribution in [2.45, 2.75) is 27.7 Å². The highest BCUT2D eigenvalue weighted by molar-refractivity contribution is 4.66. The lowest BCUT2D eigenvalue weighted by atomic mass is 9.96. The van der Waals surface area contributed by atoms with Gasteiger partial charge in [-0.05, 0) is 24.9 Å². The molecule has 0 radical (unpaired) electrons. The molecule has 1 N–H and O–H groups in total. The van der Waals surface area contributed by atoms with E-state index in [0.717, 1.165) is 19.6 Å². The predicted octanol–water partition coefficient (Wildman–Crippen LogP) is 1.59. The van der Waals surface area contributed by atoms with Crippen molar-refractivity contribution < 1.29 is 5.11 Å². The van der Waals surface area contributed by atoms with Crippen molar-refractivity contribution in [3.8, 4) is 0 Å². The predicted molar refractivity (Wildman–Crippen MR) is 53.2 cm³/mol. The van der Waals surface area contributed by atoms with Crippen LogP contribution in [-0.2, 0) is 0 Å². The second-order valence-electron chi connectivity index (χ2n) is 3.67. The molecule has 0 aliphatic rings. The molecule has 0 aliphatic carbocycles. The third-order valence-corrected chi connectivity index (χ3v) is 2.56. The molecule has 0 spiro atoms. The maximum atomic E-state index is 9.11. The zero-order valence-corrected chi connectivity index (χ0v) is 8.88. The van der Waals surface area contributed by atoms with Crippen LogP contribution in [0.5, 0.6) is 0 Å². The van der Waals surface area contributed by atoms with Gasteiger partial charge in [-0.3, -0.25) is 0 Å². The number of hydrogen-bond acceptors (Lipinski definition) is 2. The molecule has 0 heterocycles. The molecular formula is C10H23NO. The van der Waals surface area contributed by atoms with E-state index in [4.69, 9.17) is 5.11 Å². The zero-order valence-electron chi connectivity index (χ0n) is 8.88. The van der Waals surface area contributed by atoms with Crippen LogP contribution in [0.4, 0.5) is 0 Å². The van der Waals surface area contributed by atoms with Gasteiger partial charge in [0.25, 0.3) is 0 Å². The van der Waals surface area contributed by atoms with Crippen LogP contribution >= 0.6 is 0 Å². The van der Waals surface area contributed by atoms with E-state index in [1.54, 1.807) is 0 Å². The van der Waals surface area contributed by atoms with Gasteiger partial charge in [-0.25, -0.2) is 0 Å². The molecule has 1 atom stereocenters. The van der Waals surface area contributed by atoms with Crippen LogP contribution in [-0.4, -0.2) is 36.2 Å². The molecule has 0 aromatic carbocycles. The van der Waals surface area contributed by atoms with Gasteiger partial charge in [0.2, 0.25) is 0 Å². The van der Waals surface area contributed by atoms with Gasteiger partial charge in [-0.2, -0.15) is 0 Å². The van der Waals surface area contributed by atoms with E-state index in [9.17, 15) is 0 Å². The molecule has 2 nitrogen and oxygen atoms in total. The van der Waals surface area contributed by atoms with Crippen molar-refractivity contribution in [3.05, 3.63) is 0 Å². The minimum atomic E-state index is 0.314. The molecule has 0 saturated heterocycles. The second-order valence-corrected chi connectivity index (χ2v) is 3.67. The summed E-state index contributed by atoms with van der Waals surface area (Å²) in [6, 6.07) is 0. The van der Waals surface area contributed by atoms with Crippen molar-refractivity contribution in [2.75, 3.05) is 26.2 Å². The molecule has 0 aliphatic heterocycles. The molecule has 0 bridgehead atoms. The lowest BCUT2D eigenvalue weighted by Crippen LogP contribution is -2.33. The van der Waals surface area contributed by atoms with Crippen molar-refractivity contribution >= 4 is 0 Å². The summed E-state index contributed by atoms with van der Waals surface area (Å²) in [6.45, 7) is 12.2. The van der Waals surface area contributed by atoms with Gasteiger partial charge >= 0.3 is 0 Å². The second kappa shape index (κ2) is 6.44. The number of aliphatic hydroxyl groups is 1. The highest BCUT2D eigenvalue weighted by Gasteiger charge is 2.14. The fourth-order valence-corrected chi connectivity index (χ4v) is 1.29. The standard InChI is InChI=1S/C10H23NO/c1-5-11(6-2)7-10(8-12)9(3)4/h9-10,12H,5-8H2,1-4H3. The Bertz CT molecular complexity index is 100. The Kier molecular flexibility index (Phi) is 6.39. The first kappa shape index (κ1) is 11.9. The maximum absolute atomic E-state index is 9.11. The van der Waals surface area contributed by atoms with Crippen molar-refractivity contribution in [1.29, 1.82) is 0 Å². The highest BCUT2D eigenvalue weighted by Crippen LogP contribution is 2.11. The van der Waals surface area contributed by atoms with Crippen LogP contribution < -0.4 is 0 Å². The quantitative estimate of drug-likeness (QED) is 0.659. The van der Waals surface area contributed by atoms with E-state index in [-0.39, 0.29) is 0 Å². The summed E-state index contributed by atoms with van der Waals surface area (Å²) in [6.07, 6.45) is 0. The Morgan fingerprint density at radius 1 is 1.17 bits per heavy atom. The maximum Gasteiger partial charge on any atom is 0.0473 e. The van der Waals surface area contributed by atoms with Crippen LogP contribution in [0.3, 0.4) is 0 Å². The summed E-state index contributed by atoms with van der Waals surface area (Å²) in [5, 5.41) is 9.11. The van der Waals surface area contributed by atoms with E-state index in [1.807, 2.05) is 0 Å². The minimum Gasteiger partial charge on any atom is -0.396 e. The highest BCUT2D eigenvalue weighted by atomic mass is 16.3. The van der Waals surface area contributed by atoms with Crippen molar-refractivity contribution in [2.24, 2.45) is 11.8 Å². The normalized spacial score (nSPS) is 14.2. The van der Waals surface area contributed by atoms with Gasteiger partial charge < -0.3 is 10.0 Å². The molecule has 74 valence electrons. The largest absolute Gasteiger partial charge is 0.396 e. The van der Waals surface area contributed by atoms with Crippen LogP contribution in [0.1, 0.15) is 27.7 Å². The van der Waals surface area contributed by atoms with Gasteiger partial charge in [0.15, 0.2) is 0 Å². The molecule has 0 amide bonds. The smallest absolute Gasteiger partial charge is 0.0473 e. The third-order valence-electron chi connectivity index (χ3n) is 2.56. The lowest BCUT2D eigenvalue weighted by Gasteiger charge is -2.26. The van der Waals surface area contributed by atoms with E-state index in [2.05, 4.69) is 32.6 Å². The van der Waals surface area contributed by atoms with Crippen LogP contribution in [0.2, 0.25) is 0 Å². The summed E-state index contributed by atoms with van der Waals surface area (Å²) >= 11 is 0.